The molecule has 96 valence electrons. The minimum absolute atomic E-state index is 0.0961. The monoisotopic (exact) mass is 263 g/mol. The molecule has 3 heteroatoms. The maximum atomic E-state index is 12.8. The van der Waals surface area contributed by atoms with Crippen LogP contribution in [0.3, 0.4) is 0 Å². The number of aryl methyl sites for hydroxylation is 1. The summed E-state index contributed by atoms with van der Waals surface area (Å²) in [7, 11) is 0. The number of benzene rings is 1. The summed E-state index contributed by atoms with van der Waals surface area (Å²) in [5.41, 5.74) is 7.23. The molecule has 0 spiro atoms. The second kappa shape index (κ2) is 6.12. The van der Waals surface area contributed by atoms with Crippen LogP contribution in [0.5, 0.6) is 0 Å². The van der Waals surface area contributed by atoms with Crippen molar-refractivity contribution in [2.45, 2.75) is 32.2 Å². The zero-order chi connectivity index (χ0) is 13.0. The number of thiophene rings is 1. The van der Waals surface area contributed by atoms with Gasteiger partial charge < -0.3 is 5.73 Å². The zero-order valence-electron chi connectivity index (χ0n) is 10.5. The molecule has 1 atom stereocenters. The van der Waals surface area contributed by atoms with Gasteiger partial charge in [0.2, 0.25) is 0 Å². The highest BCUT2D eigenvalue weighted by Gasteiger charge is 2.07. The van der Waals surface area contributed by atoms with Crippen LogP contribution >= 0.6 is 11.3 Å². The van der Waals surface area contributed by atoms with Crippen LogP contribution in [0, 0.1) is 5.82 Å². The van der Waals surface area contributed by atoms with Crippen molar-refractivity contribution < 1.29 is 4.39 Å². The summed E-state index contributed by atoms with van der Waals surface area (Å²) in [6, 6.07) is 11.0. The van der Waals surface area contributed by atoms with Crippen molar-refractivity contribution in [3.8, 4) is 0 Å². The Morgan fingerprint density at radius 2 is 1.72 bits per heavy atom. The van der Waals surface area contributed by atoms with Crippen molar-refractivity contribution in [3.05, 3.63) is 57.5 Å². The van der Waals surface area contributed by atoms with Gasteiger partial charge in [0.05, 0.1) is 0 Å². The van der Waals surface area contributed by atoms with E-state index in [9.17, 15) is 4.39 Å². The molecule has 18 heavy (non-hydrogen) atoms. The maximum absolute atomic E-state index is 12.8. The highest BCUT2D eigenvalue weighted by Crippen LogP contribution is 2.19. The summed E-state index contributed by atoms with van der Waals surface area (Å²) in [6.07, 6.45) is 2.76. The van der Waals surface area contributed by atoms with Crippen LogP contribution < -0.4 is 5.73 Å². The molecule has 2 aromatic rings. The van der Waals surface area contributed by atoms with Gasteiger partial charge in [-0.25, -0.2) is 4.39 Å². The van der Waals surface area contributed by atoms with Crippen molar-refractivity contribution >= 4 is 11.3 Å². The fraction of sp³-hybridized carbons (Fsp3) is 0.333. The molecule has 1 nitrogen and oxygen atoms in total. The topological polar surface area (TPSA) is 26.0 Å². The van der Waals surface area contributed by atoms with Crippen molar-refractivity contribution in [2.75, 3.05) is 0 Å². The highest BCUT2D eigenvalue weighted by atomic mass is 32.1. The number of hydrogen-bond acceptors (Lipinski definition) is 2. The first kappa shape index (κ1) is 13.2. The summed E-state index contributed by atoms with van der Waals surface area (Å²) in [5.74, 6) is -0.196. The van der Waals surface area contributed by atoms with Gasteiger partial charge in [-0.05, 0) is 49.1 Å². The lowest BCUT2D eigenvalue weighted by molar-refractivity contribution is 0.624. The largest absolute Gasteiger partial charge is 0.327 e. The van der Waals surface area contributed by atoms with Crippen LogP contribution in [-0.2, 0) is 19.3 Å². The first-order valence-electron chi connectivity index (χ1n) is 6.25. The molecule has 0 amide bonds. The van der Waals surface area contributed by atoms with E-state index in [0.717, 1.165) is 24.8 Å². The number of nitrogens with two attached hydrogens (primary N) is 1. The first-order valence-corrected chi connectivity index (χ1v) is 7.06. The third-order valence-electron chi connectivity index (χ3n) is 2.94. The minimum atomic E-state index is -0.196. The zero-order valence-corrected chi connectivity index (χ0v) is 11.3. The third kappa shape index (κ3) is 3.65. The van der Waals surface area contributed by atoms with Crippen LogP contribution in [-0.4, -0.2) is 6.04 Å². The van der Waals surface area contributed by atoms with Crippen LogP contribution in [0.4, 0.5) is 4.39 Å². The van der Waals surface area contributed by atoms with Gasteiger partial charge in [0.1, 0.15) is 5.82 Å². The standard InChI is InChI=1S/C15H18FNS/c1-2-14-7-8-15(18-14)10-13(17)9-11-3-5-12(16)6-4-11/h3-8,13H,2,9-10,17H2,1H3. The molecule has 1 aromatic heterocycles. The van der Waals surface area contributed by atoms with E-state index in [1.165, 1.54) is 21.9 Å². The third-order valence-corrected chi connectivity index (χ3v) is 4.19. The second-order valence-electron chi connectivity index (χ2n) is 4.52. The van der Waals surface area contributed by atoms with Gasteiger partial charge in [0.25, 0.3) is 0 Å². The van der Waals surface area contributed by atoms with Gasteiger partial charge >= 0.3 is 0 Å². The molecule has 0 saturated carbocycles. The lowest BCUT2D eigenvalue weighted by Crippen LogP contribution is -2.25. The Kier molecular flexibility index (Phi) is 4.50. The fourth-order valence-corrected chi connectivity index (χ4v) is 3.03. The number of hydrogen-bond donors (Lipinski definition) is 1. The molecule has 0 saturated heterocycles. The van der Waals surface area contributed by atoms with E-state index in [0.29, 0.717) is 0 Å². The predicted molar refractivity (Wildman–Crippen MR) is 75.5 cm³/mol. The molecule has 0 aliphatic rings. The van der Waals surface area contributed by atoms with E-state index >= 15 is 0 Å². The predicted octanol–water partition coefficient (Wildman–Crippen LogP) is 3.56. The van der Waals surface area contributed by atoms with E-state index in [-0.39, 0.29) is 11.9 Å². The fourth-order valence-electron chi connectivity index (χ4n) is 1.98. The molecule has 1 unspecified atom stereocenters. The van der Waals surface area contributed by atoms with Gasteiger partial charge in [0.15, 0.2) is 0 Å². The molecule has 2 rings (SSSR count). The molecule has 1 aromatic carbocycles. The van der Waals surface area contributed by atoms with Crippen LogP contribution in [0.2, 0.25) is 0 Å². The Hall–Kier alpha value is -1.19. The van der Waals surface area contributed by atoms with E-state index in [1.54, 1.807) is 12.1 Å². The van der Waals surface area contributed by atoms with E-state index in [4.69, 9.17) is 5.73 Å². The molecular formula is C15H18FNS. The van der Waals surface area contributed by atoms with Gasteiger partial charge in [-0.3, -0.25) is 0 Å². The summed E-state index contributed by atoms with van der Waals surface area (Å²) >= 11 is 1.83. The lowest BCUT2D eigenvalue weighted by atomic mass is 10.0. The van der Waals surface area contributed by atoms with Crippen molar-refractivity contribution in [1.29, 1.82) is 0 Å². The normalized spacial score (nSPS) is 12.6. The Bertz CT molecular complexity index is 489. The van der Waals surface area contributed by atoms with Crippen LogP contribution in [0.1, 0.15) is 22.2 Å². The van der Waals surface area contributed by atoms with Crippen LogP contribution in [0.25, 0.3) is 0 Å². The van der Waals surface area contributed by atoms with E-state index in [2.05, 4.69) is 19.1 Å². The second-order valence-corrected chi connectivity index (χ2v) is 5.77. The summed E-state index contributed by atoms with van der Waals surface area (Å²) in [6.45, 7) is 2.16. The Balaban J connectivity index is 1.91. The van der Waals surface area contributed by atoms with Gasteiger partial charge in [-0.1, -0.05) is 19.1 Å². The van der Waals surface area contributed by atoms with Crippen molar-refractivity contribution in [3.63, 3.8) is 0 Å². The summed E-state index contributed by atoms with van der Waals surface area (Å²) in [5, 5.41) is 0. The minimum Gasteiger partial charge on any atom is -0.327 e. The van der Waals surface area contributed by atoms with Gasteiger partial charge in [-0.2, -0.15) is 0 Å². The highest BCUT2D eigenvalue weighted by molar-refractivity contribution is 7.11. The molecule has 0 fully saturated rings. The van der Waals surface area contributed by atoms with Gasteiger partial charge in [-0.15, -0.1) is 11.3 Å². The average molecular weight is 263 g/mol. The van der Waals surface area contributed by atoms with Gasteiger partial charge in [0, 0.05) is 15.8 Å². The van der Waals surface area contributed by atoms with Crippen molar-refractivity contribution in [2.24, 2.45) is 5.73 Å². The van der Waals surface area contributed by atoms with E-state index in [1.807, 2.05) is 11.3 Å². The molecule has 0 aliphatic heterocycles. The molecular weight excluding hydrogens is 245 g/mol. The maximum Gasteiger partial charge on any atom is 0.123 e. The summed E-state index contributed by atoms with van der Waals surface area (Å²) in [4.78, 5) is 2.74. The average Bonchev–Trinajstić information content (AvgIpc) is 2.79. The quantitative estimate of drug-likeness (QED) is 0.877. The Labute approximate surface area is 111 Å². The first-order chi connectivity index (χ1) is 8.67. The molecule has 2 N–H and O–H groups in total. The lowest BCUT2D eigenvalue weighted by Gasteiger charge is -2.10. The smallest absolute Gasteiger partial charge is 0.123 e. The molecule has 0 radical (unpaired) electrons. The Morgan fingerprint density at radius 3 is 2.33 bits per heavy atom. The SMILES string of the molecule is CCc1ccc(CC(N)Cc2ccc(F)cc2)s1. The summed E-state index contributed by atoms with van der Waals surface area (Å²) < 4.78 is 12.8. The van der Waals surface area contributed by atoms with Crippen molar-refractivity contribution in [1.82, 2.24) is 0 Å². The Morgan fingerprint density at radius 1 is 1.06 bits per heavy atom. The van der Waals surface area contributed by atoms with E-state index < -0.39 is 0 Å². The number of rotatable bonds is 5. The molecule has 1 heterocycles. The molecule has 0 bridgehead atoms. The number of halogens is 1. The van der Waals surface area contributed by atoms with Crippen LogP contribution in [0.15, 0.2) is 36.4 Å². The molecule has 0 aliphatic carbocycles.